The van der Waals surface area contributed by atoms with Crippen LogP contribution in [0.25, 0.3) is 0 Å². The Morgan fingerprint density at radius 2 is 2.07 bits per heavy atom. The average molecular weight is 227 g/mol. The average Bonchev–Trinajstić information content (AvgIpc) is 2.27. The molecule has 0 aromatic heterocycles. The summed E-state index contributed by atoms with van der Waals surface area (Å²) in [4.78, 5) is 11.4. The van der Waals surface area contributed by atoms with E-state index in [1.807, 2.05) is 37.4 Å². The van der Waals surface area contributed by atoms with Crippen molar-refractivity contribution in [2.45, 2.75) is 12.8 Å². The molecule has 0 saturated heterocycles. The molecule has 4 heteroatoms. The van der Waals surface area contributed by atoms with Gasteiger partial charge in [0.1, 0.15) is 0 Å². The zero-order chi connectivity index (χ0) is 11.1. The number of nitrogens with zero attached hydrogens (tertiary/aromatic N) is 1. The van der Waals surface area contributed by atoms with Gasteiger partial charge in [-0.2, -0.15) is 0 Å². The molecule has 0 saturated carbocycles. The van der Waals surface area contributed by atoms with E-state index in [-0.39, 0.29) is 5.91 Å². The maximum Gasteiger partial charge on any atom is 0.238 e. The largest absolute Gasteiger partial charge is 0.289 e. The third-order valence-corrected chi connectivity index (χ3v) is 2.24. The summed E-state index contributed by atoms with van der Waals surface area (Å²) in [5.74, 6) is 0.504. The molecule has 1 rings (SSSR count). The second-order valence-electron chi connectivity index (χ2n) is 3.22. The first-order chi connectivity index (χ1) is 7.24. The van der Waals surface area contributed by atoms with E-state index in [0.717, 1.165) is 5.69 Å². The Morgan fingerprint density at radius 3 is 2.67 bits per heavy atom. The van der Waals surface area contributed by atoms with Crippen molar-refractivity contribution < 1.29 is 4.79 Å². The molecule has 0 aliphatic heterocycles. The van der Waals surface area contributed by atoms with Gasteiger partial charge in [-0.25, -0.2) is 0 Å². The van der Waals surface area contributed by atoms with Crippen molar-refractivity contribution in [2.24, 2.45) is 0 Å². The fourth-order valence-electron chi connectivity index (χ4n) is 1.19. The molecule has 0 spiro atoms. The molecular weight excluding hydrogens is 212 g/mol. The highest BCUT2D eigenvalue weighted by Crippen LogP contribution is 2.08. The number of hydrogen-bond acceptors (Lipinski definition) is 2. The number of rotatable bonds is 5. The van der Waals surface area contributed by atoms with Crippen molar-refractivity contribution >= 4 is 23.2 Å². The molecule has 1 N–H and O–H groups in total. The Bertz CT molecular complexity index is 303. The van der Waals surface area contributed by atoms with Crippen molar-refractivity contribution in [3.63, 3.8) is 0 Å². The predicted octanol–water partition coefficient (Wildman–Crippen LogP) is 2.17. The monoisotopic (exact) mass is 226 g/mol. The molecule has 1 amide bonds. The number of hydrogen-bond donors (Lipinski definition) is 1. The SMILES string of the molecule is CN(NC(=O)CCCCl)c1ccccc1. The Kier molecular flexibility index (Phi) is 4.98. The summed E-state index contributed by atoms with van der Waals surface area (Å²) >= 11 is 5.51. The van der Waals surface area contributed by atoms with Crippen molar-refractivity contribution in [1.82, 2.24) is 5.43 Å². The van der Waals surface area contributed by atoms with Gasteiger partial charge in [0.25, 0.3) is 0 Å². The minimum absolute atomic E-state index is 0.0120. The number of hydrazine groups is 1. The molecule has 0 radical (unpaired) electrons. The lowest BCUT2D eigenvalue weighted by Crippen LogP contribution is -2.39. The Labute approximate surface area is 95.0 Å². The van der Waals surface area contributed by atoms with Gasteiger partial charge in [-0.3, -0.25) is 15.2 Å². The van der Waals surface area contributed by atoms with E-state index in [1.54, 1.807) is 5.01 Å². The summed E-state index contributed by atoms with van der Waals surface area (Å²) < 4.78 is 0. The smallest absolute Gasteiger partial charge is 0.238 e. The van der Waals surface area contributed by atoms with E-state index >= 15 is 0 Å². The van der Waals surface area contributed by atoms with Crippen LogP contribution in [0.4, 0.5) is 5.69 Å². The maximum atomic E-state index is 11.4. The summed E-state index contributed by atoms with van der Waals surface area (Å²) in [5, 5.41) is 1.70. The number of benzene rings is 1. The fraction of sp³-hybridized carbons (Fsp3) is 0.364. The molecule has 0 heterocycles. The Hall–Kier alpha value is -1.22. The lowest BCUT2D eigenvalue weighted by Gasteiger charge is -2.19. The topological polar surface area (TPSA) is 32.3 Å². The molecule has 0 atom stereocenters. The molecule has 15 heavy (non-hydrogen) atoms. The molecule has 0 aliphatic rings. The van der Waals surface area contributed by atoms with Gasteiger partial charge in [0.2, 0.25) is 5.91 Å². The van der Waals surface area contributed by atoms with Crippen LogP contribution in [-0.2, 0) is 4.79 Å². The summed E-state index contributed by atoms with van der Waals surface area (Å²) in [6, 6.07) is 9.66. The number of halogens is 1. The normalized spacial score (nSPS) is 9.73. The van der Waals surface area contributed by atoms with Crippen LogP contribution in [-0.4, -0.2) is 18.8 Å². The molecule has 0 fully saturated rings. The van der Waals surface area contributed by atoms with E-state index in [0.29, 0.717) is 18.7 Å². The van der Waals surface area contributed by atoms with Crippen molar-refractivity contribution in [3.8, 4) is 0 Å². The molecule has 1 aromatic carbocycles. The standard InChI is InChI=1S/C11H15ClN2O/c1-14(10-6-3-2-4-7-10)13-11(15)8-5-9-12/h2-4,6-7H,5,8-9H2,1H3,(H,13,15). The zero-order valence-electron chi connectivity index (χ0n) is 8.74. The molecule has 0 unspecified atom stereocenters. The van der Waals surface area contributed by atoms with Crippen molar-refractivity contribution in [3.05, 3.63) is 30.3 Å². The van der Waals surface area contributed by atoms with Gasteiger partial charge in [0.05, 0.1) is 5.69 Å². The Morgan fingerprint density at radius 1 is 1.40 bits per heavy atom. The second-order valence-corrected chi connectivity index (χ2v) is 3.60. The number of amides is 1. The van der Waals surface area contributed by atoms with Gasteiger partial charge in [-0.05, 0) is 18.6 Å². The van der Waals surface area contributed by atoms with Crippen LogP contribution >= 0.6 is 11.6 Å². The van der Waals surface area contributed by atoms with Crippen LogP contribution in [0.5, 0.6) is 0 Å². The van der Waals surface area contributed by atoms with Gasteiger partial charge in [-0.15, -0.1) is 11.6 Å². The van der Waals surface area contributed by atoms with Crippen LogP contribution in [0.1, 0.15) is 12.8 Å². The lowest BCUT2D eigenvalue weighted by atomic mass is 10.3. The highest BCUT2D eigenvalue weighted by molar-refractivity contribution is 6.17. The Balaban J connectivity index is 2.42. The van der Waals surface area contributed by atoms with E-state index in [1.165, 1.54) is 0 Å². The lowest BCUT2D eigenvalue weighted by molar-refractivity contribution is -0.121. The van der Waals surface area contributed by atoms with Crippen LogP contribution < -0.4 is 10.4 Å². The van der Waals surface area contributed by atoms with Crippen LogP contribution in [0.2, 0.25) is 0 Å². The van der Waals surface area contributed by atoms with Gasteiger partial charge in [-0.1, -0.05) is 18.2 Å². The van der Waals surface area contributed by atoms with Crippen LogP contribution in [0.15, 0.2) is 30.3 Å². The molecule has 0 bridgehead atoms. The molecule has 3 nitrogen and oxygen atoms in total. The number of carbonyl (C=O) groups is 1. The minimum Gasteiger partial charge on any atom is -0.289 e. The summed E-state index contributed by atoms with van der Waals surface area (Å²) in [6.45, 7) is 0. The van der Waals surface area contributed by atoms with Crippen LogP contribution in [0, 0.1) is 0 Å². The summed E-state index contributed by atoms with van der Waals surface area (Å²) in [5.41, 5.74) is 3.72. The second kappa shape index (κ2) is 6.30. The van der Waals surface area contributed by atoms with Crippen LogP contribution in [0.3, 0.4) is 0 Å². The first-order valence-electron chi connectivity index (χ1n) is 4.88. The summed E-state index contributed by atoms with van der Waals surface area (Å²) in [7, 11) is 1.81. The highest BCUT2D eigenvalue weighted by atomic mass is 35.5. The van der Waals surface area contributed by atoms with E-state index in [2.05, 4.69) is 5.43 Å². The van der Waals surface area contributed by atoms with E-state index < -0.39 is 0 Å². The fourth-order valence-corrected chi connectivity index (χ4v) is 1.32. The quantitative estimate of drug-likeness (QED) is 0.617. The van der Waals surface area contributed by atoms with E-state index in [4.69, 9.17) is 11.6 Å². The van der Waals surface area contributed by atoms with Gasteiger partial charge < -0.3 is 0 Å². The predicted molar refractivity (Wildman–Crippen MR) is 62.9 cm³/mol. The third kappa shape index (κ3) is 4.21. The molecule has 1 aromatic rings. The highest BCUT2D eigenvalue weighted by Gasteiger charge is 2.04. The number of alkyl halides is 1. The minimum atomic E-state index is -0.0120. The first-order valence-corrected chi connectivity index (χ1v) is 5.41. The number of anilines is 1. The molecular formula is C11H15ClN2O. The van der Waals surface area contributed by atoms with Crippen molar-refractivity contribution in [2.75, 3.05) is 17.9 Å². The maximum absolute atomic E-state index is 11.4. The van der Waals surface area contributed by atoms with Gasteiger partial charge in [0, 0.05) is 19.3 Å². The first kappa shape index (κ1) is 11.9. The molecule has 0 aliphatic carbocycles. The summed E-state index contributed by atoms with van der Waals surface area (Å²) in [6.07, 6.45) is 1.16. The number of nitrogens with one attached hydrogen (secondary N) is 1. The van der Waals surface area contributed by atoms with Gasteiger partial charge in [0.15, 0.2) is 0 Å². The van der Waals surface area contributed by atoms with Gasteiger partial charge >= 0.3 is 0 Å². The zero-order valence-corrected chi connectivity index (χ0v) is 9.50. The molecule has 82 valence electrons. The van der Waals surface area contributed by atoms with Crippen molar-refractivity contribution in [1.29, 1.82) is 0 Å². The number of carbonyl (C=O) groups excluding carboxylic acids is 1. The van der Waals surface area contributed by atoms with E-state index in [9.17, 15) is 4.79 Å². The third-order valence-electron chi connectivity index (χ3n) is 1.97. The number of para-hydroxylation sites is 1.